The number of rotatable bonds is 6. The quantitative estimate of drug-likeness (QED) is 0.773. The number of carbonyl (C=O) groups is 2. The van der Waals surface area contributed by atoms with Gasteiger partial charge in [0.1, 0.15) is 0 Å². The Bertz CT molecular complexity index is 1000. The van der Waals surface area contributed by atoms with E-state index in [1.807, 2.05) is 6.92 Å². The Morgan fingerprint density at radius 3 is 2.50 bits per heavy atom. The van der Waals surface area contributed by atoms with Gasteiger partial charge in [0.25, 0.3) is 0 Å². The molecule has 1 aliphatic heterocycles. The van der Waals surface area contributed by atoms with E-state index in [0.717, 1.165) is 5.56 Å². The number of aliphatic carboxylic acids is 1. The van der Waals surface area contributed by atoms with Crippen LogP contribution in [0.15, 0.2) is 53.4 Å². The van der Waals surface area contributed by atoms with Crippen molar-refractivity contribution in [2.45, 2.75) is 43.7 Å². The van der Waals surface area contributed by atoms with Crippen LogP contribution in [0.3, 0.4) is 0 Å². The highest BCUT2D eigenvalue weighted by Crippen LogP contribution is 2.34. The first-order valence-corrected chi connectivity index (χ1v) is 10.4. The second-order valence-electron chi connectivity index (χ2n) is 6.92. The van der Waals surface area contributed by atoms with Crippen molar-refractivity contribution >= 4 is 27.6 Å². The summed E-state index contributed by atoms with van der Waals surface area (Å²) in [4.78, 5) is 24.8. The smallest absolute Gasteiger partial charge is 0.305 e. The van der Waals surface area contributed by atoms with Gasteiger partial charge in [-0.15, -0.1) is 0 Å². The molecular formula is C20H22N2O5S. The molecule has 2 aromatic carbocycles. The van der Waals surface area contributed by atoms with Crippen molar-refractivity contribution in [2.75, 3.05) is 4.90 Å². The summed E-state index contributed by atoms with van der Waals surface area (Å²) < 4.78 is 28.3. The Balaban J connectivity index is 1.91. The molecule has 2 aromatic rings. The molecule has 0 saturated carbocycles. The fraction of sp³-hybridized carbons (Fsp3) is 0.300. The van der Waals surface area contributed by atoms with Gasteiger partial charge in [0.05, 0.1) is 17.4 Å². The van der Waals surface area contributed by atoms with Gasteiger partial charge in [-0.2, -0.15) is 0 Å². The summed E-state index contributed by atoms with van der Waals surface area (Å²) in [5, 5.41) is 9.18. The summed E-state index contributed by atoms with van der Waals surface area (Å²) in [6.07, 6.45) is 0.193. The van der Waals surface area contributed by atoms with Crippen LogP contribution in [0.5, 0.6) is 0 Å². The average Bonchev–Trinajstić information content (AvgIpc) is 2.96. The van der Waals surface area contributed by atoms with E-state index in [0.29, 0.717) is 17.7 Å². The van der Waals surface area contributed by atoms with Gasteiger partial charge in [-0.3, -0.25) is 9.59 Å². The highest BCUT2D eigenvalue weighted by atomic mass is 32.2. The number of fused-ring (bicyclic) bond motifs is 1. The minimum atomic E-state index is -3.95. The Labute approximate surface area is 164 Å². The summed E-state index contributed by atoms with van der Waals surface area (Å²) in [6, 6.07) is 12.3. The molecule has 8 heteroatoms. The number of carboxylic acid groups (broad SMARTS) is 1. The number of amides is 1. The molecule has 3 rings (SSSR count). The van der Waals surface area contributed by atoms with Crippen LogP contribution in [-0.2, 0) is 26.0 Å². The topological polar surface area (TPSA) is 104 Å². The maximum atomic E-state index is 12.9. The van der Waals surface area contributed by atoms with Crippen molar-refractivity contribution in [3.63, 3.8) is 0 Å². The van der Waals surface area contributed by atoms with Crippen LogP contribution in [-0.4, -0.2) is 31.4 Å². The van der Waals surface area contributed by atoms with Crippen LogP contribution in [0.25, 0.3) is 0 Å². The van der Waals surface area contributed by atoms with Crippen LogP contribution >= 0.6 is 0 Å². The van der Waals surface area contributed by atoms with Gasteiger partial charge in [-0.1, -0.05) is 30.3 Å². The minimum Gasteiger partial charge on any atom is -0.481 e. The number of anilines is 1. The molecule has 0 saturated heterocycles. The van der Waals surface area contributed by atoms with E-state index in [-0.39, 0.29) is 23.3 Å². The SMILES string of the molecule is CC(=O)N1c2ccc(S(=O)(=O)N[C@H](CC(=O)O)c3ccccc3)cc2C[C@H]1C. The molecule has 1 amide bonds. The van der Waals surface area contributed by atoms with Gasteiger partial charge in [0, 0.05) is 18.7 Å². The number of hydrogen-bond donors (Lipinski definition) is 2. The number of nitrogens with zero attached hydrogens (tertiary/aromatic N) is 1. The van der Waals surface area contributed by atoms with Crippen molar-refractivity contribution in [3.05, 3.63) is 59.7 Å². The van der Waals surface area contributed by atoms with Gasteiger partial charge in [0.2, 0.25) is 15.9 Å². The van der Waals surface area contributed by atoms with E-state index in [2.05, 4.69) is 4.72 Å². The monoisotopic (exact) mass is 402 g/mol. The molecule has 0 radical (unpaired) electrons. The van der Waals surface area contributed by atoms with E-state index in [9.17, 15) is 23.1 Å². The molecule has 0 spiro atoms. The number of sulfonamides is 1. The van der Waals surface area contributed by atoms with Crippen LogP contribution in [0.2, 0.25) is 0 Å². The molecule has 2 N–H and O–H groups in total. The summed E-state index contributed by atoms with van der Waals surface area (Å²) >= 11 is 0. The zero-order valence-corrected chi connectivity index (χ0v) is 16.4. The summed E-state index contributed by atoms with van der Waals surface area (Å²) in [7, 11) is -3.95. The van der Waals surface area contributed by atoms with Crippen LogP contribution in [0.4, 0.5) is 5.69 Å². The Morgan fingerprint density at radius 1 is 1.21 bits per heavy atom. The van der Waals surface area contributed by atoms with Crippen molar-refractivity contribution in [2.24, 2.45) is 0 Å². The minimum absolute atomic E-state index is 0.0394. The molecule has 0 aromatic heterocycles. The largest absolute Gasteiger partial charge is 0.481 e. The van der Waals surface area contributed by atoms with E-state index in [1.54, 1.807) is 47.4 Å². The Hall–Kier alpha value is -2.71. The number of benzene rings is 2. The third kappa shape index (κ3) is 4.07. The number of nitrogens with one attached hydrogen (secondary N) is 1. The molecule has 0 unspecified atom stereocenters. The fourth-order valence-electron chi connectivity index (χ4n) is 3.60. The molecular weight excluding hydrogens is 380 g/mol. The molecule has 0 bridgehead atoms. The second kappa shape index (κ2) is 7.73. The molecule has 0 aliphatic carbocycles. The van der Waals surface area contributed by atoms with E-state index < -0.39 is 22.0 Å². The van der Waals surface area contributed by atoms with Gasteiger partial charge in [-0.25, -0.2) is 13.1 Å². The Kier molecular flexibility index (Phi) is 5.53. The second-order valence-corrected chi connectivity index (χ2v) is 8.63. The third-order valence-electron chi connectivity index (χ3n) is 4.79. The normalized spacial score (nSPS) is 17.2. The zero-order chi connectivity index (χ0) is 20.5. The first kappa shape index (κ1) is 20.0. The lowest BCUT2D eigenvalue weighted by molar-refractivity contribution is -0.137. The molecule has 28 heavy (non-hydrogen) atoms. The molecule has 148 valence electrons. The number of hydrogen-bond acceptors (Lipinski definition) is 4. The first-order valence-electron chi connectivity index (χ1n) is 8.91. The van der Waals surface area contributed by atoms with Crippen molar-refractivity contribution in [1.29, 1.82) is 0 Å². The van der Waals surface area contributed by atoms with Crippen molar-refractivity contribution < 1.29 is 23.1 Å². The fourth-order valence-corrected chi connectivity index (χ4v) is 4.87. The summed E-state index contributed by atoms with van der Waals surface area (Å²) in [5.74, 6) is -1.19. The van der Waals surface area contributed by atoms with Crippen LogP contribution in [0.1, 0.15) is 37.4 Å². The lowest BCUT2D eigenvalue weighted by Crippen LogP contribution is -2.33. The van der Waals surface area contributed by atoms with Crippen molar-refractivity contribution in [1.82, 2.24) is 4.72 Å². The number of carboxylic acids is 1. The standard InChI is InChI=1S/C20H22N2O5S/c1-13-10-16-11-17(8-9-19(16)22(13)14(2)23)28(26,27)21-18(12-20(24)25)15-6-4-3-5-7-15/h3-9,11,13,18,21H,10,12H2,1-2H3,(H,24,25)/t13-,18-/m1/s1. The highest BCUT2D eigenvalue weighted by Gasteiger charge is 2.31. The van der Waals surface area contributed by atoms with Gasteiger partial charge in [0.15, 0.2) is 0 Å². The summed E-state index contributed by atoms with van der Waals surface area (Å²) in [6.45, 7) is 3.39. The zero-order valence-electron chi connectivity index (χ0n) is 15.6. The maximum absolute atomic E-state index is 12.9. The van der Waals surface area contributed by atoms with Gasteiger partial charge in [-0.05, 0) is 42.7 Å². The predicted octanol–water partition coefficient (Wildman–Crippen LogP) is 2.48. The van der Waals surface area contributed by atoms with Crippen molar-refractivity contribution in [3.8, 4) is 0 Å². The van der Waals surface area contributed by atoms with Gasteiger partial charge >= 0.3 is 5.97 Å². The number of carbonyl (C=O) groups excluding carboxylic acids is 1. The lowest BCUT2D eigenvalue weighted by atomic mass is 10.1. The van der Waals surface area contributed by atoms with E-state index in [1.165, 1.54) is 13.0 Å². The summed E-state index contributed by atoms with van der Waals surface area (Å²) in [5.41, 5.74) is 2.06. The molecule has 0 fully saturated rings. The van der Waals surface area contributed by atoms with E-state index in [4.69, 9.17) is 0 Å². The molecule has 7 nitrogen and oxygen atoms in total. The third-order valence-corrected chi connectivity index (χ3v) is 6.26. The molecule has 1 aliphatic rings. The molecule has 1 heterocycles. The highest BCUT2D eigenvalue weighted by molar-refractivity contribution is 7.89. The van der Waals surface area contributed by atoms with Crippen LogP contribution < -0.4 is 9.62 Å². The Morgan fingerprint density at radius 2 is 1.89 bits per heavy atom. The maximum Gasteiger partial charge on any atom is 0.305 e. The first-order chi connectivity index (χ1) is 13.2. The average molecular weight is 402 g/mol. The predicted molar refractivity (Wildman–Crippen MR) is 105 cm³/mol. The van der Waals surface area contributed by atoms with Gasteiger partial charge < -0.3 is 10.0 Å². The van der Waals surface area contributed by atoms with Crippen LogP contribution in [0, 0.1) is 0 Å². The van der Waals surface area contributed by atoms with E-state index >= 15 is 0 Å². The lowest BCUT2D eigenvalue weighted by Gasteiger charge is -2.21. The molecule has 2 atom stereocenters.